The van der Waals surface area contributed by atoms with Gasteiger partial charge in [0, 0.05) is 18.7 Å². The van der Waals surface area contributed by atoms with Gasteiger partial charge in [-0.1, -0.05) is 37.6 Å². The Balaban J connectivity index is 1.64. The molecule has 1 amide bonds. The van der Waals surface area contributed by atoms with Crippen LogP contribution in [0.5, 0.6) is 5.75 Å². The van der Waals surface area contributed by atoms with Crippen molar-refractivity contribution >= 4 is 5.91 Å². The van der Waals surface area contributed by atoms with Gasteiger partial charge in [0.15, 0.2) is 0 Å². The lowest BCUT2D eigenvalue weighted by molar-refractivity contribution is 0.0734. The zero-order valence-corrected chi connectivity index (χ0v) is 13.6. The average Bonchev–Trinajstić information content (AvgIpc) is 2.61. The van der Waals surface area contributed by atoms with Gasteiger partial charge in [0.25, 0.3) is 5.91 Å². The van der Waals surface area contributed by atoms with E-state index >= 15 is 0 Å². The standard InChI is InChI=1S/C20H23NO2/c1-2-3-14-23-19-10-8-17(9-11-19)20(22)21-13-12-16-6-4-5-7-18(16)15-21/h4-11H,2-3,12-15H2,1H3. The van der Waals surface area contributed by atoms with E-state index in [1.54, 1.807) is 0 Å². The number of carbonyl (C=O) groups excluding carboxylic acids is 1. The number of nitrogens with zero attached hydrogens (tertiary/aromatic N) is 1. The highest BCUT2D eigenvalue weighted by Gasteiger charge is 2.21. The van der Waals surface area contributed by atoms with Crippen molar-refractivity contribution in [2.24, 2.45) is 0 Å². The number of hydrogen-bond donors (Lipinski definition) is 0. The number of carbonyl (C=O) groups is 1. The summed E-state index contributed by atoms with van der Waals surface area (Å²) in [4.78, 5) is 14.6. The SMILES string of the molecule is CCCCOc1ccc(C(=O)N2CCc3ccccc3C2)cc1. The molecule has 0 bridgehead atoms. The van der Waals surface area contributed by atoms with Crippen molar-refractivity contribution in [2.45, 2.75) is 32.7 Å². The third-order valence-corrected chi connectivity index (χ3v) is 4.29. The van der Waals surface area contributed by atoms with Crippen LogP contribution in [0.2, 0.25) is 0 Å². The summed E-state index contributed by atoms with van der Waals surface area (Å²) in [7, 11) is 0. The van der Waals surface area contributed by atoms with E-state index in [1.807, 2.05) is 35.2 Å². The van der Waals surface area contributed by atoms with Crippen LogP contribution in [0.3, 0.4) is 0 Å². The Morgan fingerprint density at radius 2 is 1.83 bits per heavy atom. The van der Waals surface area contributed by atoms with Gasteiger partial charge in [-0.2, -0.15) is 0 Å². The molecule has 3 heteroatoms. The number of amides is 1. The molecule has 3 rings (SSSR count). The van der Waals surface area contributed by atoms with Crippen molar-refractivity contribution in [3.63, 3.8) is 0 Å². The highest BCUT2D eigenvalue weighted by atomic mass is 16.5. The quantitative estimate of drug-likeness (QED) is 0.779. The van der Waals surface area contributed by atoms with Crippen LogP contribution < -0.4 is 4.74 Å². The van der Waals surface area contributed by atoms with Crippen molar-refractivity contribution in [2.75, 3.05) is 13.2 Å². The van der Waals surface area contributed by atoms with Crippen molar-refractivity contribution in [3.05, 3.63) is 65.2 Å². The van der Waals surface area contributed by atoms with Gasteiger partial charge < -0.3 is 9.64 Å². The number of fused-ring (bicyclic) bond motifs is 1. The zero-order valence-electron chi connectivity index (χ0n) is 13.6. The highest BCUT2D eigenvalue weighted by Crippen LogP contribution is 2.21. The Morgan fingerprint density at radius 3 is 2.57 bits per heavy atom. The first-order chi connectivity index (χ1) is 11.3. The van der Waals surface area contributed by atoms with E-state index in [2.05, 4.69) is 25.1 Å². The van der Waals surface area contributed by atoms with Crippen LogP contribution in [0.15, 0.2) is 48.5 Å². The summed E-state index contributed by atoms with van der Waals surface area (Å²) in [5.41, 5.74) is 3.34. The maximum atomic E-state index is 12.7. The van der Waals surface area contributed by atoms with Crippen LogP contribution in [0.4, 0.5) is 0 Å². The lowest BCUT2D eigenvalue weighted by atomic mass is 9.99. The number of benzene rings is 2. The first-order valence-corrected chi connectivity index (χ1v) is 8.37. The van der Waals surface area contributed by atoms with Crippen LogP contribution in [0.1, 0.15) is 41.3 Å². The van der Waals surface area contributed by atoms with E-state index in [-0.39, 0.29) is 5.91 Å². The fourth-order valence-corrected chi connectivity index (χ4v) is 2.88. The molecule has 2 aromatic rings. The molecule has 0 fully saturated rings. The monoisotopic (exact) mass is 309 g/mol. The molecule has 23 heavy (non-hydrogen) atoms. The fraction of sp³-hybridized carbons (Fsp3) is 0.350. The number of hydrogen-bond acceptors (Lipinski definition) is 2. The summed E-state index contributed by atoms with van der Waals surface area (Å²) in [6.07, 6.45) is 3.10. The molecule has 1 heterocycles. The van der Waals surface area contributed by atoms with E-state index in [9.17, 15) is 4.79 Å². The summed E-state index contributed by atoms with van der Waals surface area (Å²) in [5.74, 6) is 0.929. The summed E-state index contributed by atoms with van der Waals surface area (Å²) < 4.78 is 5.65. The second kappa shape index (κ2) is 7.32. The second-order valence-electron chi connectivity index (χ2n) is 5.97. The minimum Gasteiger partial charge on any atom is -0.494 e. The van der Waals surface area contributed by atoms with Gasteiger partial charge in [-0.05, 0) is 48.2 Å². The summed E-state index contributed by atoms with van der Waals surface area (Å²) in [5, 5.41) is 0. The molecule has 0 atom stereocenters. The van der Waals surface area contributed by atoms with Gasteiger partial charge in [0.2, 0.25) is 0 Å². The second-order valence-corrected chi connectivity index (χ2v) is 5.97. The van der Waals surface area contributed by atoms with Gasteiger partial charge in [-0.3, -0.25) is 4.79 Å². The molecule has 1 aliphatic heterocycles. The Labute approximate surface area is 137 Å². The Morgan fingerprint density at radius 1 is 1.09 bits per heavy atom. The third-order valence-electron chi connectivity index (χ3n) is 4.29. The first-order valence-electron chi connectivity index (χ1n) is 8.37. The molecule has 1 aliphatic rings. The molecule has 0 aromatic heterocycles. The fourth-order valence-electron chi connectivity index (χ4n) is 2.88. The van der Waals surface area contributed by atoms with E-state index in [1.165, 1.54) is 11.1 Å². The molecule has 0 saturated carbocycles. The van der Waals surface area contributed by atoms with Gasteiger partial charge in [0.05, 0.1) is 6.61 Å². The molecular formula is C20H23NO2. The molecule has 0 N–H and O–H groups in total. The number of unbranched alkanes of at least 4 members (excludes halogenated alkanes) is 1. The molecule has 0 radical (unpaired) electrons. The molecule has 0 aliphatic carbocycles. The smallest absolute Gasteiger partial charge is 0.254 e. The lowest BCUT2D eigenvalue weighted by Crippen LogP contribution is -2.35. The van der Waals surface area contributed by atoms with Crippen molar-refractivity contribution in [3.8, 4) is 5.75 Å². The predicted octanol–water partition coefficient (Wildman–Crippen LogP) is 4.06. The Bertz CT molecular complexity index is 664. The Hall–Kier alpha value is -2.29. The van der Waals surface area contributed by atoms with Crippen molar-refractivity contribution < 1.29 is 9.53 Å². The van der Waals surface area contributed by atoms with Crippen molar-refractivity contribution in [1.82, 2.24) is 4.90 Å². The van der Waals surface area contributed by atoms with E-state index in [0.717, 1.165) is 43.7 Å². The molecule has 0 spiro atoms. The largest absolute Gasteiger partial charge is 0.494 e. The van der Waals surface area contributed by atoms with E-state index in [4.69, 9.17) is 4.74 Å². The van der Waals surface area contributed by atoms with Gasteiger partial charge in [-0.25, -0.2) is 0 Å². The van der Waals surface area contributed by atoms with Crippen LogP contribution in [-0.2, 0) is 13.0 Å². The Kier molecular flexibility index (Phi) is 4.96. The summed E-state index contributed by atoms with van der Waals surface area (Å²) in [6, 6.07) is 15.9. The summed E-state index contributed by atoms with van der Waals surface area (Å²) in [6.45, 7) is 4.35. The predicted molar refractivity (Wildman–Crippen MR) is 91.7 cm³/mol. The molecule has 120 valence electrons. The third kappa shape index (κ3) is 3.73. The lowest BCUT2D eigenvalue weighted by Gasteiger charge is -2.29. The molecule has 0 saturated heterocycles. The maximum absolute atomic E-state index is 12.7. The van der Waals surface area contributed by atoms with Gasteiger partial charge in [0.1, 0.15) is 5.75 Å². The molecule has 0 unspecified atom stereocenters. The molecule has 2 aromatic carbocycles. The highest BCUT2D eigenvalue weighted by molar-refractivity contribution is 5.94. The summed E-state index contributed by atoms with van der Waals surface area (Å²) >= 11 is 0. The van der Waals surface area contributed by atoms with E-state index in [0.29, 0.717) is 6.54 Å². The zero-order chi connectivity index (χ0) is 16.1. The molecule has 3 nitrogen and oxygen atoms in total. The maximum Gasteiger partial charge on any atom is 0.254 e. The van der Waals surface area contributed by atoms with Crippen molar-refractivity contribution in [1.29, 1.82) is 0 Å². The van der Waals surface area contributed by atoms with Crippen LogP contribution in [0, 0.1) is 0 Å². The van der Waals surface area contributed by atoms with E-state index < -0.39 is 0 Å². The minimum atomic E-state index is 0.0969. The average molecular weight is 309 g/mol. The van der Waals surface area contributed by atoms with Crippen LogP contribution >= 0.6 is 0 Å². The normalized spacial score (nSPS) is 13.5. The number of ether oxygens (including phenoxy) is 1. The number of rotatable bonds is 5. The minimum absolute atomic E-state index is 0.0969. The molecular weight excluding hydrogens is 286 g/mol. The topological polar surface area (TPSA) is 29.5 Å². The van der Waals surface area contributed by atoms with Gasteiger partial charge >= 0.3 is 0 Å². The van der Waals surface area contributed by atoms with Crippen LogP contribution in [-0.4, -0.2) is 24.0 Å². The first kappa shape index (κ1) is 15.6. The van der Waals surface area contributed by atoms with Gasteiger partial charge in [-0.15, -0.1) is 0 Å². The van der Waals surface area contributed by atoms with Crippen LogP contribution in [0.25, 0.3) is 0 Å².